The Balaban J connectivity index is 2.51. The molecule has 1 aliphatic heterocycles. The zero-order valence-electron chi connectivity index (χ0n) is 8.49. The standard InChI is InChI=1S/C10H14N2O2/c1-7(2)12-10(13)5-8-6-14-4-3-9(8)11-12/h5,7H,3-4,6H2,1-2H3. The summed E-state index contributed by atoms with van der Waals surface area (Å²) in [5, 5.41) is 4.34. The van der Waals surface area contributed by atoms with E-state index >= 15 is 0 Å². The van der Waals surface area contributed by atoms with Crippen molar-refractivity contribution in [3.63, 3.8) is 0 Å². The van der Waals surface area contributed by atoms with Crippen LogP contribution < -0.4 is 5.56 Å². The molecule has 0 saturated carbocycles. The highest BCUT2D eigenvalue weighted by molar-refractivity contribution is 5.18. The highest BCUT2D eigenvalue weighted by Gasteiger charge is 2.14. The molecule has 0 saturated heterocycles. The molecular weight excluding hydrogens is 180 g/mol. The van der Waals surface area contributed by atoms with Crippen molar-refractivity contribution < 1.29 is 4.74 Å². The summed E-state index contributed by atoms with van der Waals surface area (Å²) in [6.07, 6.45) is 0.808. The van der Waals surface area contributed by atoms with Crippen LogP contribution in [-0.4, -0.2) is 16.4 Å². The van der Waals surface area contributed by atoms with Gasteiger partial charge in [0.25, 0.3) is 5.56 Å². The lowest BCUT2D eigenvalue weighted by Crippen LogP contribution is -2.28. The van der Waals surface area contributed by atoms with Crippen molar-refractivity contribution in [2.75, 3.05) is 6.61 Å². The Kier molecular flexibility index (Phi) is 2.37. The predicted octanol–water partition coefficient (Wildman–Crippen LogP) is 0.897. The molecule has 4 heteroatoms. The van der Waals surface area contributed by atoms with Crippen LogP contribution in [0.2, 0.25) is 0 Å². The Morgan fingerprint density at radius 1 is 1.57 bits per heavy atom. The summed E-state index contributed by atoms with van der Waals surface area (Å²) in [4.78, 5) is 11.6. The summed E-state index contributed by atoms with van der Waals surface area (Å²) in [5.74, 6) is 0. The van der Waals surface area contributed by atoms with Gasteiger partial charge in [0.15, 0.2) is 0 Å². The van der Waals surface area contributed by atoms with E-state index in [1.165, 1.54) is 4.68 Å². The molecule has 14 heavy (non-hydrogen) atoms. The van der Waals surface area contributed by atoms with Crippen molar-refractivity contribution in [3.05, 3.63) is 27.7 Å². The zero-order valence-corrected chi connectivity index (χ0v) is 8.49. The minimum atomic E-state index is -0.0377. The third-order valence-corrected chi connectivity index (χ3v) is 2.35. The van der Waals surface area contributed by atoms with E-state index in [0.717, 1.165) is 17.7 Å². The van der Waals surface area contributed by atoms with Gasteiger partial charge < -0.3 is 4.74 Å². The van der Waals surface area contributed by atoms with Crippen LogP contribution in [0.5, 0.6) is 0 Å². The molecule has 76 valence electrons. The van der Waals surface area contributed by atoms with Gasteiger partial charge in [-0.1, -0.05) is 0 Å². The van der Waals surface area contributed by atoms with Crippen LogP contribution in [0, 0.1) is 0 Å². The summed E-state index contributed by atoms with van der Waals surface area (Å²) < 4.78 is 6.80. The maximum atomic E-state index is 11.6. The monoisotopic (exact) mass is 194 g/mol. The quantitative estimate of drug-likeness (QED) is 0.667. The number of fused-ring (bicyclic) bond motifs is 1. The topological polar surface area (TPSA) is 44.1 Å². The Hall–Kier alpha value is -1.16. The van der Waals surface area contributed by atoms with Gasteiger partial charge in [-0.3, -0.25) is 4.79 Å². The first-order chi connectivity index (χ1) is 6.68. The van der Waals surface area contributed by atoms with Gasteiger partial charge in [-0.15, -0.1) is 0 Å². The number of hydrogen-bond donors (Lipinski definition) is 0. The van der Waals surface area contributed by atoms with E-state index in [9.17, 15) is 4.79 Å². The van der Waals surface area contributed by atoms with Gasteiger partial charge in [-0.2, -0.15) is 5.10 Å². The molecule has 0 amide bonds. The maximum absolute atomic E-state index is 11.6. The molecule has 1 aliphatic rings. The SMILES string of the molecule is CC(C)n1nc2c(cc1=O)COCC2. The average Bonchev–Trinajstić information content (AvgIpc) is 2.16. The van der Waals surface area contributed by atoms with Gasteiger partial charge in [0.1, 0.15) is 0 Å². The highest BCUT2D eigenvalue weighted by atomic mass is 16.5. The third kappa shape index (κ3) is 1.57. The van der Waals surface area contributed by atoms with Gasteiger partial charge in [0.2, 0.25) is 0 Å². The predicted molar refractivity (Wildman–Crippen MR) is 52.2 cm³/mol. The number of aromatic nitrogens is 2. The van der Waals surface area contributed by atoms with Crippen molar-refractivity contribution in [3.8, 4) is 0 Å². The molecular formula is C10H14N2O2. The lowest BCUT2D eigenvalue weighted by molar-refractivity contribution is 0.107. The second-order valence-corrected chi connectivity index (χ2v) is 3.80. The second kappa shape index (κ2) is 3.53. The summed E-state index contributed by atoms with van der Waals surface area (Å²) in [6, 6.07) is 1.76. The molecule has 1 aromatic rings. The minimum Gasteiger partial charge on any atom is -0.376 e. The number of hydrogen-bond acceptors (Lipinski definition) is 3. The van der Waals surface area contributed by atoms with Gasteiger partial charge in [0, 0.05) is 18.1 Å². The molecule has 0 fully saturated rings. The number of ether oxygens (including phenoxy) is 1. The first kappa shape index (κ1) is 9.40. The van der Waals surface area contributed by atoms with Crippen LogP contribution in [0.1, 0.15) is 31.1 Å². The molecule has 4 nitrogen and oxygen atoms in total. The van der Waals surface area contributed by atoms with E-state index in [1.807, 2.05) is 13.8 Å². The molecule has 0 spiro atoms. The fourth-order valence-corrected chi connectivity index (χ4v) is 1.60. The van der Waals surface area contributed by atoms with Gasteiger partial charge in [-0.25, -0.2) is 4.68 Å². The van der Waals surface area contributed by atoms with Gasteiger partial charge in [-0.05, 0) is 13.8 Å². The molecule has 0 bridgehead atoms. The lowest BCUT2D eigenvalue weighted by atomic mass is 10.1. The van der Waals surface area contributed by atoms with Gasteiger partial charge >= 0.3 is 0 Å². The van der Waals surface area contributed by atoms with E-state index in [2.05, 4.69) is 5.10 Å². The van der Waals surface area contributed by atoms with Crippen LogP contribution >= 0.6 is 0 Å². The summed E-state index contributed by atoms with van der Waals surface area (Å²) in [7, 11) is 0. The molecule has 0 N–H and O–H groups in total. The Morgan fingerprint density at radius 3 is 3.07 bits per heavy atom. The first-order valence-corrected chi connectivity index (χ1v) is 4.88. The molecule has 1 aromatic heterocycles. The van der Waals surface area contributed by atoms with Crippen molar-refractivity contribution >= 4 is 0 Å². The number of rotatable bonds is 1. The highest BCUT2D eigenvalue weighted by Crippen LogP contribution is 2.12. The zero-order chi connectivity index (χ0) is 10.1. The molecule has 0 radical (unpaired) electrons. The van der Waals surface area contributed by atoms with E-state index < -0.39 is 0 Å². The molecule has 2 heterocycles. The van der Waals surface area contributed by atoms with Crippen molar-refractivity contribution in [2.45, 2.75) is 32.9 Å². The van der Waals surface area contributed by atoms with E-state index in [0.29, 0.717) is 13.2 Å². The van der Waals surface area contributed by atoms with E-state index in [1.54, 1.807) is 6.07 Å². The first-order valence-electron chi connectivity index (χ1n) is 4.88. The molecule has 0 aromatic carbocycles. The van der Waals surface area contributed by atoms with Crippen LogP contribution in [0.15, 0.2) is 10.9 Å². The second-order valence-electron chi connectivity index (χ2n) is 3.80. The largest absolute Gasteiger partial charge is 0.376 e. The van der Waals surface area contributed by atoms with Gasteiger partial charge in [0.05, 0.1) is 24.9 Å². The van der Waals surface area contributed by atoms with Crippen molar-refractivity contribution in [1.29, 1.82) is 0 Å². The van der Waals surface area contributed by atoms with Crippen LogP contribution in [0.4, 0.5) is 0 Å². The van der Waals surface area contributed by atoms with Crippen LogP contribution in [0.3, 0.4) is 0 Å². The smallest absolute Gasteiger partial charge is 0.267 e. The Morgan fingerprint density at radius 2 is 2.36 bits per heavy atom. The van der Waals surface area contributed by atoms with Crippen molar-refractivity contribution in [2.24, 2.45) is 0 Å². The van der Waals surface area contributed by atoms with Crippen LogP contribution in [-0.2, 0) is 17.8 Å². The summed E-state index contributed by atoms with van der Waals surface area (Å²) >= 11 is 0. The number of nitrogens with zero attached hydrogens (tertiary/aromatic N) is 2. The molecule has 0 aliphatic carbocycles. The molecule has 0 unspecified atom stereocenters. The minimum absolute atomic E-state index is 0.0377. The van der Waals surface area contributed by atoms with E-state index in [-0.39, 0.29) is 11.6 Å². The maximum Gasteiger partial charge on any atom is 0.267 e. The summed E-state index contributed by atoms with van der Waals surface area (Å²) in [5.41, 5.74) is 1.91. The Labute approximate surface area is 82.5 Å². The van der Waals surface area contributed by atoms with Crippen LogP contribution in [0.25, 0.3) is 0 Å². The fraction of sp³-hybridized carbons (Fsp3) is 0.600. The Bertz CT molecular complexity index is 396. The van der Waals surface area contributed by atoms with Crippen molar-refractivity contribution in [1.82, 2.24) is 9.78 Å². The summed E-state index contributed by atoms with van der Waals surface area (Å²) in [6.45, 7) is 5.15. The van der Waals surface area contributed by atoms with E-state index in [4.69, 9.17) is 4.74 Å². The fourth-order valence-electron chi connectivity index (χ4n) is 1.60. The molecule has 0 atom stereocenters. The molecule has 2 rings (SSSR count). The third-order valence-electron chi connectivity index (χ3n) is 2.35. The average molecular weight is 194 g/mol. The lowest BCUT2D eigenvalue weighted by Gasteiger charge is -2.17. The normalized spacial score (nSPS) is 15.6.